The number of hydrogen-bond acceptors (Lipinski definition) is 4. The van der Waals surface area contributed by atoms with E-state index in [1.54, 1.807) is 0 Å². The van der Waals surface area contributed by atoms with Gasteiger partial charge in [-0.25, -0.2) is 0 Å². The van der Waals surface area contributed by atoms with Crippen LogP contribution >= 0.6 is 23.5 Å². The van der Waals surface area contributed by atoms with E-state index >= 15 is 0 Å². The molecule has 0 saturated heterocycles. The van der Waals surface area contributed by atoms with Gasteiger partial charge >= 0.3 is 0 Å². The van der Waals surface area contributed by atoms with E-state index in [1.165, 1.54) is 15.4 Å². The summed E-state index contributed by atoms with van der Waals surface area (Å²) < 4.78 is 13.2. The lowest BCUT2D eigenvalue weighted by Crippen LogP contribution is -2.11. The first-order chi connectivity index (χ1) is 19.5. The molecule has 0 aromatic heterocycles. The maximum atomic E-state index is 6.61. The van der Waals surface area contributed by atoms with Gasteiger partial charge in [0.25, 0.3) is 0 Å². The highest BCUT2D eigenvalue weighted by Crippen LogP contribution is 2.44. The average Bonchev–Trinajstić information content (AvgIpc) is 2.97. The predicted molar refractivity (Wildman–Crippen MR) is 175 cm³/mol. The summed E-state index contributed by atoms with van der Waals surface area (Å²) in [5.74, 6) is 3.97. The minimum Gasteiger partial charge on any atom is -0.492 e. The summed E-state index contributed by atoms with van der Waals surface area (Å²) >= 11 is 3.76. The van der Waals surface area contributed by atoms with E-state index in [9.17, 15) is 0 Å². The topological polar surface area (TPSA) is 18.5 Å². The summed E-state index contributed by atoms with van der Waals surface area (Å²) in [5.41, 5.74) is 1.34. The fraction of sp³-hybridized carbons (Fsp3) is 0.278. The van der Waals surface area contributed by atoms with E-state index < -0.39 is 0 Å². The second kappa shape index (κ2) is 13.5. The number of rotatable bonds is 12. The number of benzene rings is 5. The van der Waals surface area contributed by atoms with Crippen molar-refractivity contribution in [2.45, 2.75) is 48.8 Å². The smallest absolute Gasteiger partial charge is 0.135 e. The molecule has 0 saturated carbocycles. The third-order valence-corrected chi connectivity index (χ3v) is 9.08. The number of thioether (sulfide) groups is 2. The van der Waals surface area contributed by atoms with Crippen LogP contribution in [0.2, 0.25) is 0 Å². The molecule has 0 radical (unpaired) electrons. The zero-order valence-electron chi connectivity index (χ0n) is 23.7. The van der Waals surface area contributed by atoms with Gasteiger partial charge < -0.3 is 9.47 Å². The summed E-state index contributed by atoms with van der Waals surface area (Å²) in [4.78, 5) is 2.61. The zero-order valence-corrected chi connectivity index (χ0v) is 25.3. The molecule has 0 unspecified atom stereocenters. The number of ether oxygens (including phenoxy) is 2. The standard InChI is InChI=1S/C36H38O2S2/c1-36(2,3)27-20-21-32-33(26-27)35(38-23-13-25-40-29-16-8-5-9-17-29)31-19-11-10-18-30(31)34(32)37-22-12-24-39-28-14-6-4-7-15-28/h4-11,14-21,26H,12-13,22-25H2,1-3H3. The van der Waals surface area contributed by atoms with Crippen LogP contribution in [0.15, 0.2) is 113 Å². The van der Waals surface area contributed by atoms with Crippen LogP contribution in [0.4, 0.5) is 0 Å². The molecular weight excluding hydrogens is 529 g/mol. The van der Waals surface area contributed by atoms with Gasteiger partial charge in [0, 0.05) is 42.8 Å². The first-order valence-electron chi connectivity index (χ1n) is 14.1. The van der Waals surface area contributed by atoms with Gasteiger partial charge in [0.2, 0.25) is 0 Å². The first kappa shape index (κ1) is 28.4. The molecule has 0 fully saturated rings. The molecule has 5 aromatic rings. The van der Waals surface area contributed by atoms with E-state index in [1.807, 2.05) is 23.5 Å². The third kappa shape index (κ3) is 7.16. The van der Waals surface area contributed by atoms with Gasteiger partial charge in [-0.05, 0) is 54.2 Å². The molecule has 0 aliphatic carbocycles. The van der Waals surface area contributed by atoms with Gasteiger partial charge in [-0.2, -0.15) is 0 Å². The highest BCUT2D eigenvalue weighted by molar-refractivity contribution is 7.99. The molecule has 0 spiro atoms. The molecule has 2 nitrogen and oxygen atoms in total. The van der Waals surface area contributed by atoms with Crippen molar-refractivity contribution >= 4 is 45.1 Å². The lowest BCUT2D eigenvalue weighted by atomic mass is 9.85. The van der Waals surface area contributed by atoms with Crippen LogP contribution in [0.25, 0.3) is 21.5 Å². The Morgan fingerprint density at radius 3 is 1.48 bits per heavy atom. The minimum absolute atomic E-state index is 0.0408. The summed E-state index contributed by atoms with van der Waals surface area (Å²) in [5, 5.41) is 4.49. The van der Waals surface area contributed by atoms with Crippen molar-refractivity contribution in [2.75, 3.05) is 24.7 Å². The van der Waals surface area contributed by atoms with Crippen LogP contribution in [0.5, 0.6) is 11.5 Å². The van der Waals surface area contributed by atoms with Crippen molar-refractivity contribution in [3.8, 4) is 11.5 Å². The lowest BCUT2D eigenvalue weighted by Gasteiger charge is -2.22. The Hall–Kier alpha value is -3.08. The van der Waals surface area contributed by atoms with Gasteiger partial charge in [-0.1, -0.05) is 93.6 Å². The van der Waals surface area contributed by atoms with Crippen molar-refractivity contribution in [1.29, 1.82) is 0 Å². The summed E-state index contributed by atoms with van der Waals surface area (Å²) in [6, 6.07) is 36.5. The maximum absolute atomic E-state index is 6.61. The van der Waals surface area contributed by atoms with Crippen molar-refractivity contribution in [3.05, 3.63) is 109 Å². The molecule has 0 aliphatic heterocycles. The first-order valence-corrected chi connectivity index (χ1v) is 16.1. The molecule has 0 N–H and O–H groups in total. The van der Waals surface area contributed by atoms with Crippen LogP contribution in [-0.2, 0) is 5.41 Å². The molecule has 5 aromatic carbocycles. The summed E-state index contributed by atoms with van der Waals surface area (Å²) in [6.07, 6.45) is 1.96. The molecule has 5 rings (SSSR count). The lowest BCUT2D eigenvalue weighted by molar-refractivity contribution is 0.320. The monoisotopic (exact) mass is 566 g/mol. The molecule has 206 valence electrons. The fourth-order valence-corrected chi connectivity index (χ4v) is 6.45. The van der Waals surface area contributed by atoms with Gasteiger partial charge in [-0.3, -0.25) is 0 Å². The summed E-state index contributed by atoms with van der Waals surface area (Å²) in [6.45, 7) is 8.14. The van der Waals surface area contributed by atoms with E-state index in [4.69, 9.17) is 9.47 Å². The highest BCUT2D eigenvalue weighted by Gasteiger charge is 2.20. The summed E-state index contributed by atoms with van der Waals surface area (Å²) in [7, 11) is 0. The molecule has 40 heavy (non-hydrogen) atoms. The van der Waals surface area contributed by atoms with Crippen molar-refractivity contribution in [3.63, 3.8) is 0 Å². The van der Waals surface area contributed by atoms with Crippen LogP contribution in [0, 0.1) is 0 Å². The Bertz CT molecular complexity index is 1530. The van der Waals surface area contributed by atoms with Gasteiger partial charge in [-0.15, -0.1) is 23.5 Å². The SMILES string of the molecule is CC(C)(C)c1ccc2c(OCCCSc3ccccc3)c3ccccc3c(OCCCSc3ccccc3)c2c1. The van der Waals surface area contributed by atoms with Crippen molar-refractivity contribution < 1.29 is 9.47 Å². The van der Waals surface area contributed by atoms with Crippen LogP contribution in [-0.4, -0.2) is 24.7 Å². The normalized spacial score (nSPS) is 11.7. The van der Waals surface area contributed by atoms with E-state index in [0.29, 0.717) is 13.2 Å². The fourth-order valence-electron chi connectivity index (χ4n) is 4.76. The van der Waals surface area contributed by atoms with Gasteiger partial charge in [0.1, 0.15) is 11.5 Å². The quantitative estimate of drug-likeness (QED) is 0.0849. The molecule has 0 bridgehead atoms. The zero-order chi connectivity index (χ0) is 27.8. The van der Waals surface area contributed by atoms with E-state index in [-0.39, 0.29) is 5.41 Å². The Morgan fingerprint density at radius 2 is 0.975 bits per heavy atom. The highest BCUT2D eigenvalue weighted by atomic mass is 32.2. The number of fused-ring (bicyclic) bond motifs is 2. The van der Waals surface area contributed by atoms with Crippen molar-refractivity contribution in [2.24, 2.45) is 0 Å². The Morgan fingerprint density at radius 1 is 0.525 bits per heavy atom. The van der Waals surface area contributed by atoms with E-state index in [2.05, 4.69) is 124 Å². The maximum Gasteiger partial charge on any atom is 0.135 e. The third-order valence-electron chi connectivity index (χ3n) is 6.89. The Kier molecular flexibility index (Phi) is 9.62. The second-order valence-corrected chi connectivity index (χ2v) is 13.3. The van der Waals surface area contributed by atoms with Crippen LogP contribution in [0.1, 0.15) is 39.2 Å². The number of hydrogen-bond donors (Lipinski definition) is 0. The largest absolute Gasteiger partial charge is 0.492 e. The molecule has 0 heterocycles. The molecule has 0 amide bonds. The molecule has 0 aliphatic rings. The molecule has 0 atom stereocenters. The molecule has 4 heteroatoms. The van der Waals surface area contributed by atoms with E-state index in [0.717, 1.165) is 57.4 Å². The van der Waals surface area contributed by atoms with Gasteiger partial charge in [0.05, 0.1) is 13.2 Å². The average molecular weight is 567 g/mol. The Balaban J connectivity index is 1.38. The van der Waals surface area contributed by atoms with Crippen molar-refractivity contribution in [1.82, 2.24) is 0 Å². The predicted octanol–water partition coefficient (Wildman–Crippen LogP) is 10.4. The minimum atomic E-state index is 0.0408. The second-order valence-electron chi connectivity index (χ2n) is 10.9. The Labute approximate surface area is 247 Å². The van der Waals surface area contributed by atoms with Crippen LogP contribution < -0.4 is 9.47 Å². The van der Waals surface area contributed by atoms with Crippen LogP contribution in [0.3, 0.4) is 0 Å². The molecular formula is C36H38O2S2. The van der Waals surface area contributed by atoms with Gasteiger partial charge in [0.15, 0.2) is 0 Å².